The lowest BCUT2D eigenvalue weighted by Crippen LogP contribution is -2.22. The van der Waals surface area contributed by atoms with Gasteiger partial charge in [0, 0.05) is 18.8 Å². The Morgan fingerprint density at radius 3 is 2.83 bits per heavy atom. The third-order valence-corrected chi connectivity index (χ3v) is 5.69. The van der Waals surface area contributed by atoms with Gasteiger partial charge in [0.15, 0.2) is 21.8 Å². The Kier molecular flexibility index (Phi) is 4.26. The predicted molar refractivity (Wildman–Crippen MR) is 98.5 cm³/mol. The summed E-state index contributed by atoms with van der Waals surface area (Å²) in [5, 5.41) is 11.0. The summed E-state index contributed by atoms with van der Waals surface area (Å²) in [7, 11) is 0. The third-order valence-electron chi connectivity index (χ3n) is 3.91. The number of aliphatic hydroxyl groups excluding tert-OH is 1. The zero-order chi connectivity index (χ0) is 16.5. The van der Waals surface area contributed by atoms with E-state index in [1.165, 1.54) is 16.9 Å². The lowest BCUT2D eigenvalue weighted by molar-refractivity contribution is 0.198. The number of fused-ring (bicyclic) bond motifs is 1. The number of aliphatic hydroxyl groups is 1. The van der Waals surface area contributed by atoms with Gasteiger partial charge in [-0.15, -0.1) is 0 Å². The molecule has 0 amide bonds. The molecular formula is C16H17N5OS2. The Bertz CT molecular complexity index is 854. The molecule has 0 radical (unpaired) electrons. The summed E-state index contributed by atoms with van der Waals surface area (Å²) in [6.07, 6.45) is 0.451. The first kappa shape index (κ1) is 15.6. The molecule has 4 rings (SSSR count). The van der Waals surface area contributed by atoms with Crippen LogP contribution in [0.15, 0.2) is 35.5 Å². The van der Waals surface area contributed by atoms with E-state index in [1.807, 2.05) is 18.2 Å². The molecule has 1 aliphatic heterocycles. The van der Waals surface area contributed by atoms with E-state index in [1.54, 1.807) is 11.8 Å². The van der Waals surface area contributed by atoms with E-state index in [9.17, 15) is 5.11 Å². The van der Waals surface area contributed by atoms with Crippen LogP contribution in [0.1, 0.15) is 12.0 Å². The molecule has 0 bridgehead atoms. The molecule has 0 saturated carbocycles. The van der Waals surface area contributed by atoms with Crippen molar-refractivity contribution in [2.45, 2.75) is 23.4 Å². The van der Waals surface area contributed by atoms with E-state index in [-0.39, 0.29) is 6.10 Å². The number of aromatic nitrogens is 3. The lowest BCUT2D eigenvalue weighted by atomic mass is 10.2. The summed E-state index contributed by atoms with van der Waals surface area (Å²) in [5.41, 5.74) is 7.73. The second kappa shape index (κ2) is 6.54. The zero-order valence-electron chi connectivity index (χ0n) is 12.9. The number of β-amino-alcohol motifs (C(OH)–C–C–N with tert-alkyl or cyclic N) is 1. The maximum Gasteiger partial charge on any atom is 0.191 e. The van der Waals surface area contributed by atoms with E-state index in [2.05, 4.69) is 27.0 Å². The predicted octanol–water partition coefficient (Wildman–Crippen LogP) is 2.53. The summed E-state index contributed by atoms with van der Waals surface area (Å²) in [6.45, 7) is 1.38. The van der Waals surface area contributed by atoms with E-state index in [0.717, 1.165) is 29.2 Å². The molecular weight excluding hydrogens is 342 g/mol. The number of hydrogen-bond donors (Lipinski definition) is 2. The number of nitrogen functional groups attached to an aromatic ring is 1. The van der Waals surface area contributed by atoms with Crippen molar-refractivity contribution in [3.8, 4) is 0 Å². The lowest BCUT2D eigenvalue weighted by Gasteiger charge is -2.17. The van der Waals surface area contributed by atoms with Crippen molar-refractivity contribution in [1.29, 1.82) is 0 Å². The van der Waals surface area contributed by atoms with Crippen molar-refractivity contribution in [1.82, 2.24) is 15.0 Å². The van der Waals surface area contributed by atoms with Crippen molar-refractivity contribution in [3.05, 3.63) is 35.9 Å². The number of nitrogens with zero attached hydrogens (tertiary/aromatic N) is 4. The average Bonchev–Trinajstić information content (AvgIpc) is 3.18. The summed E-state index contributed by atoms with van der Waals surface area (Å²) in [5.74, 6) is 1.63. The second-order valence-corrected chi connectivity index (χ2v) is 7.67. The molecule has 3 heterocycles. The molecule has 24 heavy (non-hydrogen) atoms. The fraction of sp³-hybridized carbons (Fsp3) is 0.312. The van der Waals surface area contributed by atoms with Crippen molar-refractivity contribution in [3.63, 3.8) is 0 Å². The van der Waals surface area contributed by atoms with Crippen LogP contribution in [-0.4, -0.2) is 39.3 Å². The van der Waals surface area contributed by atoms with Crippen molar-refractivity contribution in [2.24, 2.45) is 0 Å². The molecule has 0 aliphatic carbocycles. The Morgan fingerprint density at radius 2 is 2.08 bits per heavy atom. The monoisotopic (exact) mass is 359 g/mol. The summed E-state index contributed by atoms with van der Waals surface area (Å²) in [6, 6.07) is 10.2. The maximum atomic E-state index is 9.83. The van der Waals surface area contributed by atoms with E-state index in [4.69, 9.17) is 10.7 Å². The van der Waals surface area contributed by atoms with Gasteiger partial charge in [-0.25, -0.2) is 15.0 Å². The topological polar surface area (TPSA) is 88.2 Å². The highest BCUT2D eigenvalue weighted by Crippen LogP contribution is 2.34. The average molecular weight is 359 g/mol. The fourth-order valence-electron chi connectivity index (χ4n) is 2.74. The van der Waals surface area contributed by atoms with Gasteiger partial charge in [0.25, 0.3) is 0 Å². The SMILES string of the molecule is Nc1nc2nc(SCc3ccccc3)nc(N3CCC(O)C3)c2s1. The Hall–Kier alpha value is -1.90. The Morgan fingerprint density at radius 1 is 1.25 bits per heavy atom. The fourth-order valence-corrected chi connectivity index (χ4v) is 4.32. The molecule has 1 saturated heterocycles. The molecule has 1 unspecified atom stereocenters. The molecule has 8 heteroatoms. The van der Waals surface area contributed by atoms with Gasteiger partial charge in [-0.2, -0.15) is 0 Å². The summed E-state index contributed by atoms with van der Waals surface area (Å²) < 4.78 is 0.894. The molecule has 1 aromatic carbocycles. The minimum atomic E-state index is -0.305. The highest BCUT2D eigenvalue weighted by atomic mass is 32.2. The first-order valence-corrected chi connectivity index (χ1v) is 9.53. The number of thioether (sulfide) groups is 1. The minimum Gasteiger partial charge on any atom is -0.391 e. The molecule has 124 valence electrons. The van der Waals surface area contributed by atoms with Crippen LogP contribution in [0.2, 0.25) is 0 Å². The normalized spacial score (nSPS) is 17.7. The van der Waals surface area contributed by atoms with Crippen LogP contribution >= 0.6 is 23.1 Å². The van der Waals surface area contributed by atoms with Gasteiger partial charge in [-0.05, 0) is 12.0 Å². The number of hydrogen-bond acceptors (Lipinski definition) is 8. The first-order chi connectivity index (χ1) is 11.7. The van der Waals surface area contributed by atoms with Crippen LogP contribution in [0.5, 0.6) is 0 Å². The Labute approximate surface area is 147 Å². The van der Waals surface area contributed by atoms with Crippen LogP contribution in [0.3, 0.4) is 0 Å². The number of nitrogens with two attached hydrogens (primary N) is 1. The Balaban J connectivity index is 1.66. The van der Waals surface area contributed by atoms with Crippen LogP contribution in [-0.2, 0) is 5.75 Å². The second-order valence-electron chi connectivity index (χ2n) is 5.70. The molecule has 2 aromatic heterocycles. The molecule has 1 fully saturated rings. The standard InChI is InChI=1S/C16H17N5OS2/c17-15-18-13-12(24-15)14(21-7-6-11(22)8-21)20-16(19-13)23-9-10-4-2-1-3-5-10/h1-5,11,22H,6-9H2,(H2,17,18,19,20). The maximum absolute atomic E-state index is 9.83. The largest absolute Gasteiger partial charge is 0.391 e. The molecule has 3 N–H and O–H groups in total. The van der Waals surface area contributed by atoms with Gasteiger partial charge in [0.2, 0.25) is 0 Å². The number of benzene rings is 1. The van der Waals surface area contributed by atoms with Gasteiger partial charge in [-0.1, -0.05) is 53.4 Å². The first-order valence-electron chi connectivity index (χ1n) is 7.73. The molecule has 0 spiro atoms. The molecule has 6 nitrogen and oxygen atoms in total. The van der Waals surface area contributed by atoms with Gasteiger partial charge in [-0.3, -0.25) is 0 Å². The summed E-state index contributed by atoms with van der Waals surface area (Å²) >= 11 is 2.98. The third kappa shape index (κ3) is 3.17. The molecule has 3 aromatic rings. The van der Waals surface area contributed by atoms with Crippen LogP contribution in [0.4, 0.5) is 10.9 Å². The zero-order valence-corrected chi connectivity index (χ0v) is 14.6. The van der Waals surface area contributed by atoms with Crippen LogP contribution < -0.4 is 10.6 Å². The van der Waals surface area contributed by atoms with Crippen LogP contribution in [0, 0.1) is 0 Å². The van der Waals surface area contributed by atoms with E-state index in [0.29, 0.717) is 22.5 Å². The smallest absolute Gasteiger partial charge is 0.191 e. The van der Waals surface area contributed by atoms with Gasteiger partial charge in [0.05, 0.1) is 6.10 Å². The van der Waals surface area contributed by atoms with Gasteiger partial charge >= 0.3 is 0 Å². The van der Waals surface area contributed by atoms with Gasteiger partial charge in [0.1, 0.15) is 4.70 Å². The number of anilines is 2. The minimum absolute atomic E-state index is 0.305. The molecule has 1 atom stereocenters. The molecule has 1 aliphatic rings. The van der Waals surface area contributed by atoms with Crippen molar-refractivity contribution >= 4 is 44.4 Å². The quantitative estimate of drug-likeness (QED) is 0.546. The van der Waals surface area contributed by atoms with E-state index >= 15 is 0 Å². The highest BCUT2D eigenvalue weighted by Gasteiger charge is 2.25. The van der Waals surface area contributed by atoms with E-state index < -0.39 is 0 Å². The van der Waals surface area contributed by atoms with Crippen molar-refractivity contribution < 1.29 is 5.11 Å². The van der Waals surface area contributed by atoms with Crippen LogP contribution in [0.25, 0.3) is 10.3 Å². The number of rotatable bonds is 4. The highest BCUT2D eigenvalue weighted by molar-refractivity contribution is 7.98. The number of thiazole rings is 1. The van der Waals surface area contributed by atoms with Crippen molar-refractivity contribution in [2.75, 3.05) is 23.7 Å². The van der Waals surface area contributed by atoms with Gasteiger partial charge < -0.3 is 15.7 Å². The summed E-state index contributed by atoms with van der Waals surface area (Å²) in [4.78, 5) is 15.7.